The number of pyridine rings is 1. The van der Waals surface area contributed by atoms with Gasteiger partial charge in [-0.1, -0.05) is 54.6 Å². The SMILES string of the molecule is c1ccc([C@H]2[C@@H](c3ccccn3)N2c2ccccc2)cc1. The van der Waals surface area contributed by atoms with Crippen LogP contribution in [0.4, 0.5) is 5.69 Å². The van der Waals surface area contributed by atoms with Gasteiger partial charge in [-0.2, -0.15) is 0 Å². The van der Waals surface area contributed by atoms with Crippen LogP contribution >= 0.6 is 0 Å². The molecule has 0 saturated carbocycles. The molecule has 1 aromatic heterocycles. The summed E-state index contributed by atoms with van der Waals surface area (Å²) >= 11 is 0. The lowest BCUT2D eigenvalue weighted by molar-refractivity contribution is 0.966. The van der Waals surface area contributed by atoms with E-state index in [9.17, 15) is 0 Å². The van der Waals surface area contributed by atoms with Crippen LogP contribution in [-0.2, 0) is 0 Å². The van der Waals surface area contributed by atoms with Gasteiger partial charge in [0.2, 0.25) is 0 Å². The molecule has 2 heteroatoms. The zero-order valence-electron chi connectivity index (χ0n) is 11.6. The average molecular weight is 272 g/mol. The third-order valence-electron chi connectivity index (χ3n) is 3.99. The summed E-state index contributed by atoms with van der Waals surface area (Å²) in [4.78, 5) is 6.98. The summed E-state index contributed by atoms with van der Waals surface area (Å²) < 4.78 is 0. The van der Waals surface area contributed by atoms with Crippen molar-refractivity contribution < 1.29 is 0 Å². The number of hydrogen-bond acceptors (Lipinski definition) is 2. The molecule has 1 aliphatic heterocycles. The molecule has 0 aliphatic carbocycles. The Hall–Kier alpha value is -2.61. The highest BCUT2D eigenvalue weighted by atomic mass is 15.4. The Morgan fingerprint density at radius 2 is 1.33 bits per heavy atom. The molecule has 2 nitrogen and oxygen atoms in total. The molecule has 2 atom stereocenters. The second-order valence-corrected chi connectivity index (χ2v) is 5.30. The van der Waals surface area contributed by atoms with Crippen LogP contribution in [0.15, 0.2) is 85.1 Å². The van der Waals surface area contributed by atoms with Crippen molar-refractivity contribution >= 4 is 5.69 Å². The van der Waals surface area contributed by atoms with Gasteiger partial charge < -0.3 is 4.90 Å². The molecule has 1 fully saturated rings. The number of para-hydroxylation sites is 1. The normalized spacial score (nSPS) is 20.3. The van der Waals surface area contributed by atoms with Crippen molar-refractivity contribution in [1.29, 1.82) is 0 Å². The van der Waals surface area contributed by atoms with E-state index in [0.29, 0.717) is 12.1 Å². The van der Waals surface area contributed by atoms with Gasteiger partial charge in [0.15, 0.2) is 0 Å². The van der Waals surface area contributed by atoms with E-state index in [2.05, 4.69) is 82.7 Å². The molecule has 0 amide bonds. The Kier molecular flexibility index (Phi) is 2.93. The van der Waals surface area contributed by atoms with Gasteiger partial charge in [0.1, 0.15) is 0 Å². The predicted octanol–water partition coefficient (Wildman–Crippen LogP) is 4.38. The van der Waals surface area contributed by atoms with Gasteiger partial charge in [-0.15, -0.1) is 0 Å². The fourth-order valence-corrected chi connectivity index (χ4v) is 3.00. The zero-order chi connectivity index (χ0) is 14.1. The Morgan fingerprint density at radius 3 is 2.00 bits per heavy atom. The number of anilines is 1. The van der Waals surface area contributed by atoms with Gasteiger partial charge in [0.25, 0.3) is 0 Å². The summed E-state index contributed by atoms with van der Waals surface area (Å²) in [7, 11) is 0. The third kappa shape index (κ3) is 2.19. The molecule has 0 radical (unpaired) electrons. The first-order chi connectivity index (χ1) is 10.4. The van der Waals surface area contributed by atoms with Crippen molar-refractivity contribution in [1.82, 2.24) is 4.98 Å². The lowest BCUT2D eigenvalue weighted by Gasteiger charge is -2.05. The topological polar surface area (TPSA) is 15.9 Å². The van der Waals surface area contributed by atoms with Crippen LogP contribution in [-0.4, -0.2) is 4.98 Å². The lowest BCUT2D eigenvalue weighted by atomic mass is 10.1. The van der Waals surface area contributed by atoms with E-state index in [0.717, 1.165) is 5.69 Å². The van der Waals surface area contributed by atoms with E-state index in [-0.39, 0.29) is 0 Å². The number of rotatable bonds is 3. The number of aromatic nitrogens is 1. The number of hydrogen-bond donors (Lipinski definition) is 0. The van der Waals surface area contributed by atoms with Crippen molar-refractivity contribution in [2.75, 3.05) is 4.90 Å². The van der Waals surface area contributed by atoms with Gasteiger partial charge in [-0.05, 0) is 29.8 Å². The van der Waals surface area contributed by atoms with Gasteiger partial charge >= 0.3 is 0 Å². The monoisotopic (exact) mass is 272 g/mol. The van der Waals surface area contributed by atoms with E-state index in [1.54, 1.807) is 0 Å². The molecular formula is C19H16N2. The van der Waals surface area contributed by atoms with Crippen LogP contribution in [0.2, 0.25) is 0 Å². The summed E-state index contributed by atoms with van der Waals surface area (Å²) in [5.74, 6) is 0. The highest BCUT2D eigenvalue weighted by Crippen LogP contribution is 2.56. The molecule has 2 heterocycles. The predicted molar refractivity (Wildman–Crippen MR) is 85.1 cm³/mol. The Bertz CT molecular complexity index is 601. The smallest absolute Gasteiger partial charge is 0.0966 e. The van der Waals surface area contributed by atoms with Crippen molar-refractivity contribution in [3.63, 3.8) is 0 Å². The van der Waals surface area contributed by atoms with E-state index in [4.69, 9.17) is 0 Å². The molecule has 1 aliphatic rings. The number of nitrogens with zero attached hydrogens (tertiary/aromatic N) is 2. The highest BCUT2D eigenvalue weighted by molar-refractivity contribution is 5.60. The molecule has 4 rings (SSSR count). The standard InChI is InChI=1S/C19H16N2/c1-3-9-15(10-4-1)18-19(17-13-7-8-14-20-17)21(18)16-11-5-2-6-12-16/h1-14,18-19H/t18-,19+,21?/m0/s1. The third-order valence-corrected chi connectivity index (χ3v) is 3.99. The molecule has 0 spiro atoms. The van der Waals surface area contributed by atoms with Gasteiger partial charge in [-0.25, -0.2) is 0 Å². The van der Waals surface area contributed by atoms with Crippen LogP contribution in [0.5, 0.6) is 0 Å². The van der Waals surface area contributed by atoms with Crippen LogP contribution in [0, 0.1) is 0 Å². The van der Waals surface area contributed by atoms with Crippen molar-refractivity contribution in [2.45, 2.75) is 12.1 Å². The Balaban J connectivity index is 1.74. The first kappa shape index (κ1) is 12.2. The first-order valence-electron chi connectivity index (χ1n) is 7.24. The van der Waals surface area contributed by atoms with Gasteiger partial charge in [0, 0.05) is 11.9 Å². The van der Waals surface area contributed by atoms with Gasteiger partial charge in [-0.3, -0.25) is 4.98 Å². The maximum absolute atomic E-state index is 4.55. The number of benzene rings is 2. The van der Waals surface area contributed by atoms with E-state index in [1.165, 1.54) is 11.3 Å². The molecule has 1 saturated heterocycles. The lowest BCUT2D eigenvalue weighted by Crippen LogP contribution is -1.96. The fourth-order valence-electron chi connectivity index (χ4n) is 3.00. The quantitative estimate of drug-likeness (QED) is 0.657. The minimum atomic E-state index is 0.330. The molecule has 102 valence electrons. The van der Waals surface area contributed by atoms with Crippen LogP contribution in [0.3, 0.4) is 0 Å². The van der Waals surface area contributed by atoms with E-state index >= 15 is 0 Å². The molecule has 21 heavy (non-hydrogen) atoms. The second kappa shape index (κ2) is 5.06. The maximum atomic E-state index is 4.55. The highest BCUT2D eigenvalue weighted by Gasteiger charge is 2.50. The van der Waals surface area contributed by atoms with Crippen molar-refractivity contribution in [3.8, 4) is 0 Å². The molecular weight excluding hydrogens is 256 g/mol. The summed E-state index contributed by atoms with van der Waals surface area (Å²) in [5.41, 5.74) is 3.73. The molecule has 0 bridgehead atoms. The maximum Gasteiger partial charge on any atom is 0.0966 e. The van der Waals surface area contributed by atoms with Crippen LogP contribution in [0.1, 0.15) is 23.3 Å². The second-order valence-electron chi connectivity index (χ2n) is 5.30. The van der Waals surface area contributed by atoms with Crippen molar-refractivity contribution in [3.05, 3.63) is 96.3 Å². The van der Waals surface area contributed by atoms with E-state index in [1.807, 2.05) is 12.3 Å². The first-order valence-corrected chi connectivity index (χ1v) is 7.24. The summed E-state index contributed by atoms with van der Waals surface area (Å²) in [6.07, 6.45) is 1.87. The zero-order valence-corrected chi connectivity index (χ0v) is 11.6. The van der Waals surface area contributed by atoms with Crippen LogP contribution < -0.4 is 4.90 Å². The molecule has 0 N–H and O–H groups in total. The van der Waals surface area contributed by atoms with Crippen LogP contribution in [0.25, 0.3) is 0 Å². The summed E-state index contributed by atoms with van der Waals surface area (Å²) in [5, 5.41) is 0. The Labute approximate surface area is 124 Å². The Morgan fingerprint density at radius 1 is 0.667 bits per heavy atom. The van der Waals surface area contributed by atoms with E-state index < -0.39 is 0 Å². The minimum absolute atomic E-state index is 0.330. The van der Waals surface area contributed by atoms with Crippen molar-refractivity contribution in [2.24, 2.45) is 0 Å². The largest absolute Gasteiger partial charge is 0.351 e. The summed E-state index contributed by atoms with van der Waals surface area (Å²) in [6.45, 7) is 0. The molecule has 2 aromatic carbocycles. The van der Waals surface area contributed by atoms with Gasteiger partial charge in [0.05, 0.1) is 17.8 Å². The minimum Gasteiger partial charge on any atom is -0.351 e. The fraction of sp³-hybridized carbons (Fsp3) is 0.105. The summed E-state index contributed by atoms with van der Waals surface area (Å²) in [6, 6.07) is 28.1. The molecule has 0 unspecified atom stereocenters. The molecule has 3 aromatic rings. The average Bonchev–Trinajstić information content (AvgIpc) is 3.33.